The zero-order chi connectivity index (χ0) is 22.8. The maximum Gasteiger partial charge on any atom is 0.208 e. The van der Waals surface area contributed by atoms with Gasteiger partial charge in [-0.3, -0.25) is 0 Å². The number of aromatic nitrogens is 4. The number of ether oxygens (including phenoxy) is 1. The number of nitrogens with zero attached hydrogens (tertiary/aromatic N) is 3. The lowest BCUT2D eigenvalue weighted by atomic mass is 10.0. The van der Waals surface area contributed by atoms with E-state index in [1.165, 1.54) is 89.0 Å². The van der Waals surface area contributed by atoms with Crippen molar-refractivity contribution in [1.82, 2.24) is 20.6 Å². The number of para-hydroxylation sites is 1. The molecule has 5 heteroatoms. The topological polar surface area (TPSA) is 63.7 Å². The Bertz CT molecular complexity index is 851. The van der Waals surface area contributed by atoms with Crippen molar-refractivity contribution in [2.24, 2.45) is 0 Å². The zero-order valence-corrected chi connectivity index (χ0v) is 20.1. The number of rotatable bonds is 18. The van der Waals surface area contributed by atoms with Crippen LogP contribution in [0.15, 0.2) is 54.6 Å². The first-order chi connectivity index (χ1) is 16.4. The minimum absolute atomic E-state index is 0.577. The highest BCUT2D eigenvalue weighted by molar-refractivity contribution is 5.63. The molecule has 0 unspecified atom stereocenters. The summed E-state index contributed by atoms with van der Waals surface area (Å²) in [6.45, 7) is 0.736. The van der Waals surface area contributed by atoms with Crippen LogP contribution in [0.3, 0.4) is 0 Å². The van der Waals surface area contributed by atoms with Gasteiger partial charge in [0, 0.05) is 0 Å². The Hall–Kier alpha value is -2.69. The molecule has 5 nitrogen and oxygen atoms in total. The molecule has 0 aliphatic heterocycles. The maximum absolute atomic E-state index is 5.97. The summed E-state index contributed by atoms with van der Waals surface area (Å²) in [7, 11) is 0. The lowest BCUT2D eigenvalue weighted by Gasteiger charge is -2.09. The van der Waals surface area contributed by atoms with Gasteiger partial charge in [0.1, 0.15) is 5.75 Å². The smallest absolute Gasteiger partial charge is 0.208 e. The predicted molar refractivity (Wildman–Crippen MR) is 135 cm³/mol. The second kappa shape index (κ2) is 16.0. The van der Waals surface area contributed by atoms with Gasteiger partial charge in [-0.1, -0.05) is 113 Å². The van der Waals surface area contributed by atoms with Gasteiger partial charge in [0.05, 0.1) is 12.2 Å². The SMILES string of the molecule is c1ccc(CCCCCCCCCCCCCCCOc2ccccc2-c2nn[nH]n2)cc1. The Labute approximate surface area is 199 Å². The van der Waals surface area contributed by atoms with Gasteiger partial charge < -0.3 is 4.74 Å². The average molecular weight is 449 g/mol. The second-order valence-corrected chi connectivity index (χ2v) is 8.91. The Kier molecular flexibility index (Phi) is 12.1. The van der Waals surface area contributed by atoms with E-state index in [1.54, 1.807) is 0 Å². The molecule has 0 saturated carbocycles. The van der Waals surface area contributed by atoms with Crippen LogP contribution in [0.1, 0.15) is 89.0 Å². The largest absolute Gasteiger partial charge is 0.493 e. The molecular weight excluding hydrogens is 408 g/mol. The fourth-order valence-electron chi connectivity index (χ4n) is 4.26. The highest BCUT2D eigenvalue weighted by atomic mass is 16.5. The van der Waals surface area contributed by atoms with Crippen molar-refractivity contribution in [3.8, 4) is 17.1 Å². The monoisotopic (exact) mass is 448 g/mol. The lowest BCUT2D eigenvalue weighted by Crippen LogP contribution is -1.99. The van der Waals surface area contributed by atoms with E-state index < -0.39 is 0 Å². The van der Waals surface area contributed by atoms with E-state index in [9.17, 15) is 0 Å². The van der Waals surface area contributed by atoms with Crippen LogP contribution in [-0.2, 0) is 6.42 Å². The zero-order valence-electron chi connectivity index (χ0n) is 20.1. The minimum atomic E-state index is 0.577. The first-order valence-electron chi connectivity index (χ1n) is 12.9. The third-order valence-corrected chi connectivity index (χ3v) is 6.18. The van der Waals surface area contributed by atoms with E-state index in [-0.39, 0.29) is 0 Å². The van der Waals surface area contributed by atoms with Gasteiger partial charge in [0.25, 0.3) is 0 Å². The van der Waals surface area contributed by atoms with E-state index in [0.29, 0.717) is 5.82 Å². The van der Waals surface area contributed by atoms with Crippen LogP contribution in [0.4, 0.5) is 0 Å². The highest BCUT2D eigenvalue weighted by Crippen LogP contribution is 2.26. The van der Waals surface area contributed by atoms with Crippen molar-refractivity contribution in [2.45, 2.75) is 89.9 Å². The number of H-pyrrole nitrogens is 1. The number of unbranched alkanes of at least 4 members (excludes halogenated alkanes) is 12. The summed E-state index contributed by atoms with van der Waals surface area (Å²) < 4.78 is 5.97. The van der Waals surface area contributed by atoms with E-state index >= 15 is 0 Å². The van der Waals surface area contributed by atoms with Crippen LogP contribution in [0.2, 0.25) is 0 Å². The fourth-order valence-corrected chi connectivity index (χ4v) is 4.26. The van der Waals surface area contributed by atoms with Gasteiger partial charge in [-0.05, 0) is 42.2 Å². The first kappa shape index (κ1) is 24.9. The molecule has 0 fully saturated rings. The minimum Gasteiger partial charge on any atom is -0.493 e. The molecule has 178 valence electrons. The molecule has 1 aromatic heterocycles. The number of hydrogen-bond donors (Lipinski definition) is 1. The molecule has 0 bridgehead atoms. The van der Waals surface area contributed by atoms with Crippen LogP contribution in [0, 0.1) is 0 Å². The Morgan fingerprint density at radius 2 is 1.18 bits per heavy atom. The number of tetrazole rings is 1. The summed E-state index contributed by atoms with van der Waals surface area (Å²) in [5, 5.41) is 14.2. The Balaban J connectivity index is 1.08. The molecule has 0 amide bonds. The molecule has 0 aliphatic rings. The standard InChI is InChI=1S/C28H40N4O/c1(2-4-6-8-10-13-19-25-20-14-12-15-21-25)3-5-7-9-11-18-24-33-27-23-17-16-22-26(27)28-29-31-32-30-28/h12,14-17,20-23H,1-11,13,18-19,24H2,(H,29,30,31,32). The van der Waals surface area contributed by atoms with Gasteiger partial charge >= 0.3 is 0 Å². The second-order valence-electron chi connectivity index (χ2n) is 8.91. The third kappa shape index (κ3) is 10.2. The number of nitrogens with one attached hydrogen (secondary N) is 1. The summed E-state index contributed by atoms with van der Waals surface area (Å²) >= 11 is 0. The third-order valence-electron chi connectivity index (χ3n) is 6.18. The van der Waals surface area contributed by atoms with Gasteiger partial charge in [0.15, 0.2) is 0 Å². The van der Waals surface area contributed by atoms with Crippen molar-refractivity contribution in [1.29, 1.82) is 0 Å². The van der Waals surface area contributed by atoms with Crippen LogP contribution >= 0.6 is 0 Å². The van der Waals surface area contributed by atoms with Gasteiger partial charge in [-0.2, -0.15) is 5.21 Å². The van der Waals surface area contributed by atoms with Crippen molar-refractivity contribution >= 4 is 0 Å². The van der Waals surface area contributed by atoms with Gasteiger partial charge in [-0.25, -0.2) is 0 Å². The van der Waals surface area contributed by atoms with E-state index in [4.69, 9.17) is 4.74 Å². The molecule has 33 heavy (non-hydrogen) atoms. The molecule has 3 rings (SSSR count). The van der Waals surface area contributed by atoms with Gasteiger partial charge in [-0.15, -0.1) is 10.2 Å². The van der Waals surface area contributed by atoms with E-state index in [0.717, 1.165) is 24.3 Å². The molecular formula is C28H40N4O. The lowest BCUT2D eigenvalue weighted by molar-refractivity contribution is 0.305. The first-order valence-corrected chi connectivity index (χ1v) is 12.9. The molecule has 3 aromatic rings. The van der Waals surface area contributed by atoms with Gasteiger partial charge in [0.2, 0.25) is 5.82 Å². The fraction of sp³-hybridized carbons (Fsp3) is 0.536. The number of hydrogen-bond acceptors (Lipinski definition) is 4. The number of aryl methyl sites for hydroxylation is 1. The molecule has 2 aromatic carbocycles. The van der Waals surface area contributed by atoms with E-state index in [2.05, 4.69) is 51.0 Å². The molecule has 1 N–H and O–H groups in total. The predicted octanol–water partition coefficient (Wildman–Crippen LogP) is 7.56. The van der Waals surface area contributed by atoms with Crippen LogP contribution in [0.5, 0.6) is 5.75 Å². The number of aromatic amines is 1. The number of benzene rings is 2. The van der Waals surface area contributed by atoms with Crippen LogP contribution < -0.4 is 4.74 Å². The normalized spacial score (nSPS) is 11.0. The molecule has 0 saturated heterocycles. The van der Waals surface area contributed by atoms with Crippen molar-refractivity contribution in [2.75, 3.05) is 6.61 Å². The van der Waals surface area contributed by atoms with Crippen molar-refractivity contribution in [3.63, 3.8) is 0 Å². The average Bonchev–Trinajstić information content (AvgIpc) is 3.39. The Morgan fingerprint density at radius 3 is 1.82 bits per heavy atom. The molecule has 0 atom stereocenters. The highest BCUT2D eigenvalue weighted by Gasteiger charge is 2.09. The maximum atomic E-state index is 5.97. The summed E-state index contributed by atoms with van der Waals surface area (Å²) in [5.74, 6) is 1.41. The van der Waals surface area contributed by atoms with Crippen LogP contribution in [-0.4, -0.2) is 27.2 Å². The molecule has 1 heterocycles. The Morgan fingerprint density at radius 1 is 0.606 bits per heavy atom. The molecule has 0 spiro atoms. The molecule has 0 aliphatic carbocycles. The van der Waals surface area contributed by atoms with Crippen LogP contribution in [0.25, 0.3) is 11.4 Å². The van der Waals surface area contributed by atoms with Crippen molar-refractivity contribution < 1.29 is 4.74 Å². The summed E-state index contributed by atoms with van der Waals surface area (Å²) in [6, 6.07) is 18.7. The molecule has 0 radical (unpaired) electrons. The summed E-state index contributed by atoms with van der Waals surface area (Å²) in [6.07, 6.45) is 18.7. The summed E-state index contributed by atoms with van der Waals surface area (Å²) in [5.41, 5.74) is 2.37. The van der Waals surface area contributed by atoms with E-state index in [1.807, 2.05) is 24.3 Å². The van der Waals surface area contributed by atoms with Crippen molar-refractivity contribution in [3.05, 3.63) is 60.2 Å². The summed E-state index contributed by atoms with van der Waals surface area (Å²) in [4.78, 5) is 0. The quantitative estimate of drug-likeness (QED) is 0.204.